The second-order valence-electron chi connectivity index (χ2n) is 8.70. The predicted octanol–water partition coefficient (Wildman–Crippen LogP) is 2.90. The number of carbonyl (C=O) groups excluding carboxylic acids is 1. The fourth-order valence-corrected chi connectivity index (χ4v) is 5.17. The van der Waals surface area contributed by atoms with E-state index < -0.39 is 0 Å². The Bertz CT molecular complexity index is 638. The van der Waals surface area contributed by atoms with Crippen molar-refractivity contribution in [2.24, 2.45) is 5.41 Å². The number of piperidine rings is 1. The van der Waals surface area contributed by atoms with Gasteiger partial charge in [0, 0.05) is 46.0 Å². The van der Waals surface area contributed by atoms with Crippen LogP contribution in [0.5, 0.6) is 0 Å². The van der Waals surface area contributed by atoms with Gasteiger partial charge in [-0.2, -0.15) is 0 Å². The van der Waals surface area contributed by atoms with Crippen molar-refractivity contribution in [3.05, 3.63) is 23.9 Å². The number of nitrogens with zero attached hydrogens (tertiary/aromatic N) is 4. The Kier molecular flexibility index (Phi) is 4.91. The molecule has 1 aromatic heterocycles. The molecule has 0 N–H and O–H groups in total. The number of aromatic nitrogens is 1. The van der Waals surface area contributed by atoms with Gasteiger partial charge in [0.15, 0.2) is 0 Å². The molecule has 5 nitrogen and oxygen atoms in total. The Hall–Kier alpha value is -1.62. The molecule has 3 fully saturated rings. The van der Waals surface area contributed by atoms with Crippen molar-refractivity contribution in [1.29, 1.82) is 0 Å². The lowest BCUT2D eigenvalue weighted by atomic mass is 9.77. The van der Waals surface area contributed by atoms with Gasteiger partial charge in [-0.05, 0) is 50.3 Å². The highest BCUT2D eigenvalue weighted by molar-refractivity contribution is 5.84. The Morgan fingerprint density at radius 3 is 2.65 bits per heavy atom. The van der Waals surface area contributed by atoms with Gasteiger partial charge in [-0.15, -0.1) is 0 Å². The molecule has 5 heteroatoms. The van der Waals surface area contributed by atoms with E-state index in [1.54, 1.807) is 0 Å². The van der Waals surface area contributed by atoms with Crippen LogP contribution in [0, 0.1) is 5.41 Å². The molecule has 2 aliphatic heterocycles. The maximum absolute atomic E-state index is 13.3. The Labute approximate surface area is 157 Å². The number of anilines is 1. The molecule has 4 rings (SSSR count). The Morgan fingerprint density at radius 2 is 1.96 bits per heavy atom. The molecule has 1 amide bonds. The van der Waals surface area contributed by atoms with Gasteiger partial charge in [0.05, 0.1) is 5.41 Å². The van der Waals surface area contributed by atoms with Gasteiger partial charge < -0.3 is 9.80 Å². The molecular formula is C21H32N4O. The normalized spacial score (nSPS) is 27.6. The van der Waals surface area contributed by atoms with Gasteiger partial charge in [0.1, 0.15) is 5.82 Å². The van der Waals surface area contributed by atoms with E-state index in [1.165, 1.54) is 37.7 Å². The third-order valence-corrected chi connectivity index (χ3v) is 6.64. The van der Waals surface area contributed by atoms with E-state index >= 15 is 0 Å². The SMILES string of the molecule is CN(C)c1ccc(CN2CC[C@]3(CCCN(C4CCCC4)C3=O)C2)cn1. The van der Waals surface area contributed by atoms with Crippen LogP contribution in [-0.2, 0) is 11.3 Å². The summed E-state index contributed by atoms with van der Waals surface area (Å²) in [6, 6.07) is 4.77. The molecule has 0 radical (unpaired) electrons. The number of amides is 1. The third kappa shape index (κ3) is 3.34. The molecule has 3 aliphatic rings. The quantitative estimate of drug-likeness (QED) is 0.832. The van der Waals surface area contributed by atoms with Crippen LogP contribution >= 0.6 is 0 Å². The number of hydrogen-bond donors (Lipinski definition) is 0. The first-order valence-electron chi connectivity index (χ1n) is 10.2. The standard InChI is InChI=1S/C21H32N4O/c1-23(2)19-9-8-17(14-22-19)15-24-13-11-21(16-24)10-5-12-25(20(21)26)18-6-3-4-7-18/h8-9,14,18H,3-7,10-13,15-16H2,1-2H3/t21-/m1/s1. The number of rotatable bonds is 4. The lowest BCUT2D eigenvalue weighted by Gasteiger charge is -2.42. The van der Waals surface area contributed by atoms with Gasteiger partial charge in [-0.25, -0.2) is 4.98 Å². The molecule has 0 aromatic carbocycles. The molecule has 1 atom stereocenters. The minimum Gasteiger partial charge on any atom is -0.363 e. The zero-order valence-electron chi connectivity index (χ0n) is 16.3. The summed E-state index contributed by atoms with van der Waals surface area (Å²) in [7, 11) is 4.02. The highest BCUT2D eigenvalue weighted by atomic mass is 16.2. The summed E-state index contributed by atoms with van der Waals surface area (Å²) in [4.78, 5) is 24.6. The van der Waals surface area contributed by atoms with E-state index in [4.69, 9.17) is 0 Å². The van der Waals surface area contributed by atoms with Crippen LogP contribution in [0.15, 0.2) is 18.3 Å². The van der Waals surface area contributed by atoms with E-state index in [9.17, 15) is 4.79 Å². The molecule has 26 heavy (non-hydrogen) atoms. The number of pyridine rings is 1. The minimum atomic E-state index is -0.113. The van der Waals surface area contributed by atoms with E-state index in [-0.39, 0.29) is 5.41 Å². The van der Waals surface area contributed by atoms with Crippen LogP contribution in [0.4, 0.5) is 5.82 Å². The Morgan fingerprint density at radius 1 is 1.15 bits per heavy atom. The Balaban J connectivity index is 1.41. The predicted molar refractivity (Wildman–Crippen MR) is 104 cm³/mol. The summed E-state index contributed by atoms with van der Waals surface area (Å²) in [5.74, 6) is 1.44. The molecule has 1 aliphatic carbocycles. The van der Waals surface area contributed by atoms with Gasteiger partial charge in [-0.1, -0.05) is 18.9 Å². The van der Waals surface area contributed by atoms with Crippen molar-refractivity contribution in [2.45, 2.75) is 57.5 Å². The summed E-state index contributed by atoms with van der Waals surface area (Å²) in [6.45, 7) is 3.84. The van der Waals surface area contributed by atoms with Crippen molar-refractivity contribution in [3.8, 4) is 0 Å². The molecule has 0 unspecified atom stereocenters. The van der Waals surface area contributed by atoms with Crippen LogP contribution in [0.3, 0.4) is 0 Å². The molecule has 3 heterocycles. The fourth-order valence-electron chi connectivity index (χ4n) is 5.17. The maximum Gasteiger partial charge on any atom is 0.230 e. The van der Waals surface area contributed by atoms with Crippen molar-refractivity contribution in [1.82, 2.24) is 14.8 Å². The van der Waals surface area contributed by atoms with Gasteiger partial charge in [0.25, 0.3) is 0 Å². The first-order chi connectivity index (χ1) is 12.6. The first-order valence-corrected chi connectivity index (χ1v) is 10.2. The van der Waals surface area contributed by atoms with Crippen LogP contribution < -0.4 is 4.90 Å². The first kappa shape index (κ1) is 17.8. The average Bonchev–Trinajstić information content (AvgIpc) is 3.29. The molecule has 142 valence electrons. The van der Waals surface area contributed by atoms with E-state index in [1.807, 2.05) is 25.2 Å². The van der Waals surface area contributed by atoms with Crippen molar-refractivity contribution in [3.63, 3.8) is 0 Å². The summed E-state index contributed by atoms with van der Waals surface area (Å²) in [5.41, 5.74) is 1.13. The van der Waals surface area contributed by atoms with Crippen molar-refractivity contribution in [2.75, 3.05) is 38.6 Å². The number of hydrogen-bond acceptors (Lipinski definition) is 4. The monoisotopic (exact) mass is 356 g/mol. The average molecular weight is 357 g/mol. The highest BCUT2D eigenvalue weighted by Gasteiger charge is 2.49. The second kappa shape index (κ2) is 7.18. The van der Waals surface area contributed by atoms with Gasteiger partial charge in [0.2, 0.25) is 5.91 Å². The zero-order chi connectivity index (χ0) is 18.1. The summed E-state index contributed by atoms with van der Waals surface area (Å²) in [5, 5.41) is 0. The second-order valence-corrected chi connectivity index (χ2v) is 8.70. The van der Waals surface area contributed by atoms with Gasteiger partial charge in [-0.3, -0.25) is 9.69 Å². The molecule has 2 saturated heterocycles. The highest BCUT2D eigenvalue weighted by Crippen LogP contribution is 2.42. The van der Waals surface area contributed by atoms with Crippen molar-refractivity contribution < 1.29 is 4.79 Å². The number of carbonyl (C=O) groups is 1. The lowest BCUT2D eigenvalue weighted by Crippen LogP contribution is -2.53. The summed E-state index contributed by atoms with van der Waals surface area (Å²) < 4.78 is 0. The van der Waals surface area contributed by atoms with Crippen molar-refractivity contribution >= 4 is 11.7 Å². The summed E-state index contributed by atoms with van der Waals surface area (Å²) >= 11 is 0. The molecule has 1 spiro atoms. The number of likely N-dealkylation sites (tertiary alicyclic amines) is 2. The smallest absolute Gasteiger partial charge is 0.230 e. The lowest BCUT2D eigenvalue weighted by molar-refractivity contribution is -0.148. The minimum absolute atomic E-state index is 0.113. The van der Waals surface area contributed by atoms with Crippen LogP contribution in [-0.4, -0.2) is 60.5 Å². The van der Waals surface area contributed by atoms with E-state index in [2.05, 4.69) is 26.9 Å². The molecule has 1 saturated carbocycles. The van der Waals surface area contributed by atoms with Crippen LogP contribution in [0.2, 0.25) is 0 Å². The summed E-state index contributed by atoms with van der Waals surface area (Å²) in [6.07, 6.45) is 10.3. The largest absolute Gasteiger partial charge is 0.363 e. The van der Waals surface area contributed by atoms with E-state index in [0.29, 0.717) is 11.9 Å². The molecule has 1 aromatic rings. The zero-order valence-corrected chi connectivity index (χ0v) is 16.3. The van der Waals surface area contributed by atoms with Gasteiger partial charge >= 0.3 is 0 Å². The molecule has 0 bridgehead atoms. The van der Waals surface area contributed by atoms with E-state index in [0.717, 1.165) is 44.8 Å². The van der Waals surface area contributed by atoms with Crippen LogP contribution in [0.25, 0.3) is 0 Å². The fraction of sp³-hybridized carbons (Fsp3) is 0.714. The maximum atomic E-state index is 13.3. The van der Waals surface area contributed by atoms with Crippen LogP contribution in [0.1, 0.15) is 50.5 Å². The third-order valence-electron chi connectivity index (χ3n) is 6.64. The molecular weight excluding hydrogens is 324 g/mol. The topological polar surface area (TPSA) is 39.7 Å².